The minimum atomic E-state index is -0.606. The van der Waals surface area contributed by atoms with Gasteiger partial charge in [0.25, 0.3) is 0 Å². The van der Waals surface area contributed by atoms with Gasteiger partial charge in [-0.2, -0.15) is 0 Å². The minimum absolute atomic E-state index is 0.0645. The van der Waals surface area contributed by atoms with Gasteiger partial charge >= 0.3 is 0 Å². The van der Waals surface area contributed by atoms with Crippen molar-refractivity contribution in [1.82, 2.24) is 10.2 Å². The van der Waals surface area contributed by atoms with Gasteiger partial charge in [-0.25, -0.2) is 0 Å². The molecule has 3 rings (SSSR count). The summed E-state index contributed by atoms with van der Waals surface area (Å²) >= 11 is 6.31. The summed E-state index contributed by atoms with van der Waals surface area (Å²) in [5.41, 5.74) is 4.07. The average Bonchev–Trinajstić information content (AvgIpc) is 2.82. The second kappa shape index (κ2) is 12.2. The Balaban J connectivity index is 1.91. The molecule has 5 heteroatoms. The fraction of sp³-hybridized carbons (Fsp3) is 0.286. The Morgan fingerprint density at radius 2 is 1.55 bits per heavy atom. The molecule has 0 saturated heterocycles. The van der Waals surface area contributed by atoms with Crippen LogP contribution in [0.3, 0.4) is 0 Å². The van der Waals surface area contributed by atoms with Gasteiger partial charge in [-0.15, -0.1) is 0 Å². The molecule has 0 radical (unpaired) electrons. The first-order valence-corrected chi connectivity index (χ1v) is 11.8. The second-order valence-corrected chi connectivity index (χ2v) is 8.55. The molecule has 0 spiro atoms. The maximum Gasteiger partial charge on any atom is 0.243 e. The number of benzene rings is 3. The Morgan fingerprint density at radius 3 is 2.21 bits per heavy atom. The van der Waals surface area contributed by atoms with Crippen LogP contribution < -0.4 is 5.32 Å². The summed E-state index contributed by atoms with van der Waals surface area (Å²) in [6.45, 7) is 4.81. The highest BCUT2D eigenvalue weighted by molar-refractivity contribution is 6.31. The molecule has 0 aromatic heterocycles. The zero-order valence-corrected chi connectivity index (χ0v) is 20.0. The summed E-state index contributed by atoms with van der Waals surface area (Å²) in [4.78, 5) is 28.5. The van der Waals surface area contributed by atoms with Crippen molar-refractivity contribution < 1.29 is 9.59 Å². The van der Waals surface area contributed by atoms with E-state index in [1.54, 1.807) is 4.90 Å². The Bertz CT molecular complexity index is 1070. The molecule has 4 nitrogen and oxygen atoms in total. The lowest BCUT2D eigenvalue weighted by molar-refractivity contribution is -0.141. The van der Waals surface area contributed by atoms with Gasteiger partial charge < -0.3 is 10.2 Å². The zero-order chi connectivity index (χ0) is 23.6. The van der Waals surface area contributed by atoms with Gasteiger partial charge in [-0.05, 0) is 48.6 Å². The maximum atomic E-state index is 13.6. The summed E-state index contributed by atoms with van der Waals surface area (Å²) in [5, 5.41) is 3.58. The Morgan fingerprint density at radius 1 is 0.909 bits per heavy atom. The van der Waals surface area contributed by atoms with Crippen LogP contribution in [0.2, 0.25) is 5.02 Å². The van der Waals surface area contributed by atoms with E-state index in [-0.39, 0.29) is 18.2 Å². The summed E-state index contributed by atoms with van der Waals surface area (Å²) in [7, 11) is 0. The van der Waals surface area contributed by atoms with Crippen molar-refractivity contribution >= 4 is 23.4 Å². The van der Waals surface area contributed by atoms with Crippen molar-refractivity contribution in [3.8, 4) is 0 Å². The largest absolute Gasteiger partial charge is 0.355 e. The number of amides is 2. The second-order valence-electron chi connectivity index (χ2n) is 8.14. The molecule has 3 aromatic carbocycles. The Hall–Kier alpha value is -3.11. The van der Waals surface area contributed by atoms with Crippen LogP contribution in [0.25, 0.3) is 0 Å². The lowest BCUT2D eigenvalue weighted by atomic mass is 10.0. The molecule has 1 atom stereocenters. The summed E-state index contributed by atoms with van der Waals surface area (Å²) < 4.78 is 0. The third-order valence-corrected chi connectivity index (χ3v) is 6.16. The summed E-state index contributed by atoms with van der Waals surface area (Å²) in [6.07, 6.45) is 1.26. The normalized spacial score (nSPS) is 11.6. The van der Waals surface area contributed by atoms with Crippen LogP contribution in [0.1, 0.15) is 35.6 Å². The molecule has 1 unspecified atom stereocenters. The van der Waals surface area contributed by atoms with Crippen LogP contribution in [0.5, 0.6) is 0 Å². The molecular weight excluding hydrogens is 432 g/mol. The molecule has 33 heavy (non-hydrogen) atoms. The van der Waals surface area contributed by atoms with Crippen LogP contribution in [0.4, 0.5) is 0 Å². The van der Waals surface area contributed by atoms with Crippen LogP contribution in [-0.2, 0) is 29.0 Å². The predicted octanol–water partition coefficient (Wildman–Crippen LogP) is 5.36. The number of hydrogen-bond acceptors (Lipinski definition) is 2. The number of carbonyl (C=O) groups excluding carboxylic acids is 2. The highest BCUT2D eigenvalue weighted by Crippen LogP contribution is 2.21. The molecule has 1 N–H and O–H groups in total. The average molecular weight is 463 g/mol. The highest BCUT2D eigenvalue weighted by Gasteiger charge is 2.30. The van der Waals surface area contributed by atoms with E-state index in [4.69, 9.17) is 11.6 Å². The zero-order valence-electron chi connectivity index (χ0n) is 19.3. The smallest absolute Gasteiger partial charge is 0.243 e. The molecule has 2 amide bonds. The van der Waals surface area contributed by atoms with Gasteiger partial charge in [0.05, 0.1) is 0 Å². The van der Waals surface area contributed by atoms with Crippen molar-refractivity contribution in [2.24, 2.45) is 0 Å². The number of nitrogens with one attached hydrogen (secondary N) is 1. The Labute approximate surface area is 201 Å². The van der Waals surface area contributed by atoms with E-state index >= 15 is 0 Å². The number of halogens is 1. The van der Waals surface area contributed by atoms with Crippen LogP contribution in [0.15, 0.2) is 78.9 Å². The molecule has 0 fully saturated rings. The lowest BCUT2D eigenvalue weighted by Gasteiger charge is -2.32. The number of likely N-dealkylation sites (N-methyl/N-ethyl adjacent to an activating group) is 1. The molecule has 0 bridgehead atoms. The number of nitrogens with zero attached hydrogens (tertiary/aromatic N) is 1. The fourth-order valence-electron chi connectivity index (χ4n) is 3.90. The van der Waals surface area contributed by atoms with Crippen molar-refractivity contribution in [2.75, 3.05) is 6.54 Å². The topological polar surface area (TPSA) is 49.4 Å². The minimum Gasteiger partial charge on any atom is -0.355 e. The molecule has 0 aliphatic rings. The van der Waals surface area contributed by atoms with Crippen LogP contribution in [0, 0.1) is 6.92 Å². The number of hydrogen-bond donors (Lipinski definition) is 1. The highest BCUT2D eigenvalue weighted by atomic mass is 35.5. The fourth-order valence-corrected chi connectivity index (χ4v) is 4.13. The lowest BCUT2D eigenvalue weighted by Crippen LogP contribution is -2.50. The quantitative estimate of drug-likeness (QED) is 0.441. The van der Waals surface area contributed by atoms with Crippen molar-refractivity contribution in [1.29, 1.82) is 0 Å². The molecule has 0 aliphatic heterocycles. The van der Waals surface area contributed by atoms with Crippen molar-refractivity contribution in [2.45, 2.75) is 45.7 Å². The first-order valence-electron chi connectivity index (χ1n) is 11.4. The van der Waals surface area contributed by atoms with E-state index in [9.17, 15) is 9.59 Å². The van der Waals surface area contributed by atoms with Gasteiger partial charge in [0, 0.05) is 31.0 Å². The van der Waals surface area contributed by atoms with Gasteiger partial charge in [0.15, 0.2) is 0 Å². The van der Waals surface area contributed by atoms with E-state index in [0.29, 0.717) is 31.0 Å². The maximum absolute atomic E-state index is 13.6. The molecule has 0 saturated carbocycles. The van der Waals surface area contributed by atoms with E-state index in [1.807, 2.05) is 92.7 Å². The van der Waals surface area contributed by atoms with Gasteiger partial charge in [0.2, 0.25) is 11.8 Å². The summed E-state index contributed by atoms with van der Waals surface area (Å²) in [5.74, 6) is -0.202. The number of rotatable bonds is 10. The van der Waals surface area contributed by atoms with E-state index in [1.165, 1.54) is 0 Å². The van der Waals surface area contributed by atoms with E-state index < -0.39 is 6.04 Å². The predicted molar refractivity (Wildman–Crippen MR) is 134 cm³/mol. The third-order valence-electron chi connectivity index (χ3n) is 5.79. The molecule has 3 aromatic rings. The SMILES string of the molecule is CCNC(=O)C(Cc1ccccc1)N(Cc1ccccc1C)C(=O)CCc1ccccc1Cl. The first-order chi connectivity index (χ1) is 16.0. The standard InChI is InChI=1S/C28H31ClN2O2/c1-3-30-28(33)26(19-22-12-5-4-6-13-22)31(20-24-15-8-7-11-21(24)2)27(32)18-17-23-14-9-10-16-25(23)29/h4-16,26H,3,17-20H2,1-2H3,(H,30,33). The first kappa shape index (κ1) is 24.5. The molecular formula is C28H31ClN2O2. The number of aryl methyl sites for hydroxylation is 2. The molecule has 172 valence electrons. The molecule has 0 aliphatic carbocycles. The van der Waals surface area contributed by atoms with Crippen LogP contribution in [-0.4, -0.2) is 29.3 Å². The van der Waals surface area contributed by atoms with Gasteiger partial charge in [-0.1, -0.05) is 84.4 Å². The van der Waals surface area contributed by atoms with Crippen molar-refractivity contribution in [3.63, 3.8) is 0 Å². The number of carbonyl (C=O) groups is 2. The molecule has 0 heterocycles. The van der Waals surface area contributed by atoms with Gasteiger partial charge in [0.1, 0.15) is 6.04 Å². The van der Waals surface area contributed by atoms with Crippen molar-refractivity contribution in [3.05, 3.63) is 106 Å². The van der Waals surface area contributed by atoms with E-state index in [2.05, 4.69) is 5.32 Å². The van der Waals surface area contributed by atoms with Crippen LogP contribution >= 0.6 is 11.6 Å². The van der Waals surface area contributed by atoms with E-state index in [0.717, 1.165) is 22.3 Å². The monoisotopic (exact) mass is 462 g/mol. The Kier molecular flexibility index (Phi) is 9.08. The summed E-state index contributed by atoms with van der Waals surface area (Å²) in [6, 6.07) is 24.8. The third kappa shape index (κ3) is 6.93. The van der Waals surface area contributed by atoms with Gasteiger partial charge in [-0.3, -0.25) is 9.59 Å².